The smallest absolute Gasteiger partial charge is 0.192 e. The van der Waals surface area contributed by atoms with Crippen molar-refractivity contribution in [3.63, 3.8) is 0 Å². The Balaban J connectivity index is 2.57. The zero-order valence-corrected chi connectivity index (χ0v) is 13.0. The van der Waals surface area contributed by atoms with Crippen LogP contribution in [0.2, 0.25) is 0 Å². The van der Waals surface area contributed by atoms with Crippen molar-refractivity contribution in [2.75, 3.05) is 13.7 Å². The predicted octanol–water partition coefficient (Wildman–Crippen LogP) is 4.03. The van der Waals surface area contributed by atoms with Gasteiger partial charge < -0.3 is 9.47 Å². The quantitative estimate of drug-likeness (QED) is 0.722. The highest BCUT2D eigenvalue weighted by Crippen LogP contribution is 2.71. The van der Waals surface area contributed by atoms with E-state index in [4.69, 9.17) is 67.5 Å². The summed E-state index contributed by atoms with van der Waals surface area (Å²) in [5.41, 5.74) is 0. The van der Waals surface area contributed by atoms with Gasteiger partial charge in [-0.1, -0.05) is 34.8 Å². The molecule has 0 spiro atoms. The van der Waals surface area contributed by atoms with Gasteiger partial charge in [-0.15, -0.1) is 23.2 Å². The van der Waals surface area contributed by atoms with Crippen LogP contribution in [0.4, 0.5) is 0 Å². The monoisotopic (exact) mass is 338 g/mol. The molecule has 0 aromatic heterocycles. The van der Waals surface area contributed by atoms with Gasteiger partial charge in [0.25, 0.3) is 0 Å². The van der Waals surface area contributed by atoms with E-state index in [1.807, 2.05) is 6.92 Å². The van der Waals surface area contributed by atoms with Gasteiger partial charge in [-0.3, -0.25) is 0 Å². The molecule has 0 aromatic carbocycles. The molecule has 0 radical (unpaired) electrons. The van der Waals surface area contributed by atoms with E-state index in [1.54, 1.807) is 0 Å². The third kappa shape index (κ3) is 1.44. The molecule has 2 rings (SSSR count). The van der Waals surface area contributed by atoms with Crippen LogP contribution in [-0.4, -0.2) is 34.6 Å². The highest BCUT2D eigenvalue weighted by atomic mass is 35.5. The maximum absolute atomic E-state index is 6.54. The molecule has 1 unspecified atom stereocenters. The molecule has 2 aliphatic carbocycles. The summed E-state index contributed by atoms with van der Waals surface area (Å²) in [4.78, 5) is -2.40. The van der Waals surface area contributed by atoms with Gasteiger partial charge in [0, 0.05) is 20.1 Å². The van der Waals surface area contributed by atoms with Crippen LogP contribution in [0.25, 0.3) is 0 Å². The molecule has 7 heteroatoms. The highest BCUT2D eigenvalue weighted by Gasteiger charge is 2.80. The van der Waals surface area contributed by atoms with E-state index in [9.17, 15) is 0 Å². The highest BCUT2D eigenvalue weighted by molar-refractivity contribution is 6.56. The van der Waals surface area contributed by atoms with E-state index >= 15 is 0 Å². The number of rotatable bonds is 3. The van der Waals surface area contributed by atoms with Gasteiger partial charge in [0.15, 0.2) is 9.93 Å². The molecule has 2 aliphatic rings. The summed E-state index contributed by atoms with van der Waals surface area (Å²) in [6, 6.07) is 0. The summed E-state index contributed by atoms with van der Waals surface area (Å²) in [7, 11) is 1.43. The van der Waals surface area contributed by atoms with Crippen molar-refractivity contribution in [3.05, 3.63) is 10.1 Å². The normalized spacial score (nSPS) is 49.2. The lowest BCUT2D eigenvalue weighted by Gasteiger charge is -2.37. The molecule has 98 valence electrons. The van der Waals surface area contributed by atoms with E-state index in [-0.39, 0.29) is 10.1 Å². The Labute approximate surface area is 125 Å². The molecular formula is C10H11Cl5O2. The van der Waals surface area contributed by atoms with Crippen LogP contribution in [0.15, 0.2) is 10.1 Å². The first kappa shape index (κ1) is 14.5. The fourth-order valence-electron chi connectivity index (χ4n) is 2.55. The Kier molecular flexibility index (Phi) is 3.68. The van der Waals surface area contributed by atoms with Crippen molar-refractivity contribution in [2.24, 2.45) is 0 Å². The first-order valence-corrected chi connectivity index (χ1v) is 6.98. The number of ether oxygens (including phenoxy) is 2. The van der Waals surface area contributed by atoms with Gasteiger partial charge in [-0.2, -0.15) is 0 Å². The molecular weight excluding hydrogens is 329 g/mol. The maximum atomic E-state index is 6.54. The average molecular weight is 340 g/mol. The lowest BCUT2D eigenvalue weighted by atomic mass is 10.0. The zero-order valence-electron chi connectivity index (χ0n) is 9.20. The minimum absolute atomic E-state index is 0.206. The van der Waals surface area contributed by atoms with Gasteiger partial charge in [0.2, 0.25) is 0 Å². The lowest BCUT2D eigenvalue weighted by Crippen LogP contribution is -2.52. The van der Waals surface area contributed by atoms with Crippen LogP contribution in [0, 0.1) is 0 Å². The van der Waals surface area contributed by atoms with Crippen LogP contribution in [0.5, 0.6) is 0 Å². The van der Waals surface area contributed by atoms with Gasteiger partial charge >= 0.3 is 0 Å². The van der Waals surface area contributed by atoms with Crippen molar-refractivity contribution in [1.29, 1.82) is 0 Å². The van der Waals surface area contributed by atoms with Crippen LogP contribution in [0.1, 0.15) is 13.3 Å². The fourth-order valence-corrected chi connectivity index (χ4v) is 4.89. The summed E-state index contributed by atoms with van der Waals surface area (Å²) in [5.74, 6) is 0. The Morgan fingerprint density at radius 1 is 1.24 bits per heavy atom. The first-order chi connectivity index (χ1) is 7.79. The summed E-state index contributed by atoms with van der Waals surface area (Å²) in [5, 5.41) is -0.960. The van der Waals surface area contributed by atoms with Crippen molar-refractivity contribution in [3.8, 4) is 0 Å². The molecule has 0 aliphatic heterocycles. The third-order valence-corrected chi connectivity index (χ3v) is 6.96. The Morgan fingerprint density at radius 2 is 1.82 bits per heavy atom. The number of halogens is 5. The Morgan fingerprint density at radius 3 is 2.24 bits per heavy atom. The minimum Gasteiger partial charge on any atom is -0.376 e. The van der Waals surface area contributed by atoms with Crippen LogP contribution < -0.4 is 0 Å². The third-order valence-electron chi connectivity index (χ3n) is 3.40. The van der Waals surface area contributed by atoms with E-state index in [2.05, 4.69) is 0 Å². The average Bonchev–Trinajstić information content (AvgIpc) is 2.54. The van der Waals surface area contributed by atoms with Crippen molar-refractivity contribution in [1.82, 2.24) is 0 Å². The number of hydrogen-bond acceptors (Lipinski definition) is 2. The summed E-state index contributed by atoms with van der Waals surface area (Å²) in [6.07, 6.45) is -0.0720. The zero-order chi connectivity index (χ0) is 13.1. The van der Waals surface area contributed by atoms with Gasteiger partial charge in [0.05, 0.1) is 16.2 Å². The molecule has 0 N–H and O–H groups in total. The van der Waals surface area contributed by atoms with Crippen LogP contribution >= 0.6 is 58.0 Å². The van der Waals surface area contributed by atoms with Gasteiger partial charge in [0.1, 0.15) is 4.87 Å². The number of hydrogen-bond donors (Lipinski definition) is 0. The van der Waals surface area contributed by atoms with Crippen LogP contribution in [-0.2, 0) is 9.47 Å². The van der Waals surface area contributed by atoms with Crippen molar-refractivity contribution in [2.45, 2.75) is 34.3 Å². The molecule has 1 saturated carbocycles. The molecule has 0 aromatic rings. The topological polar surface area (TPSA) is 18.5 Å². The van der Waals surface area contributed by atoms with Crippen molar-refractivity contribution >= 4 is 58.0 Å². The molecule has 2 bridgehead atoms. The number of alkyl halides is 3. The Bertz CT molecular complexity index is 387. The second-order valence-corrected chi connectivity index (χ2v) is 6.62. The molecule has 17 heavy (non-hydrogen) atoms. The maximum Gasteiger partial charge on any atom is 0.192 e. The van der Waals surface area contributed by atoms with E-state index in [0.717, 1.165) is 0 Å². The first-order valence-electron chi connectivity index (χ1n) is 5.09. The molecule has 4 atom stereocenters. The minimum atomic E-state index is -1.41. The summed E-state index contributed by atoms with van der Waals surface area (Å²) >= 11 is 31.8. The second kappa shape index (κ2) is 4.31. The largest absolute Gasteiger partial charge is 0.376 e. The molecule has 0 saturated heterocycles. The summed E-state index contributed by atoms with van der Waals surface area (Å²) < 4.78 is 10.9. The van der Waals surface area contributed by atoms with Crippen LogP contribution in [0.3, 0.4) is 0 Å². The lowest BCUT2D eigenvalue weighted by molar-refractivity contribution is 0.00718. The van der Waals surface area contributed by atoms with E-state index in [0.29, 0.717) is 13.0 Å². The Hall–Kier alpha value is 1.11. The SMILES string of the molecule is CCOC1C[C@@]2(Cl)C(Cl)=C(Cl)[C@]1(Cl)[C@@]2(Cl)OC. The van der Waals surface area contributed by atoms with E-state index in [1.165, 1.54) is 7.11 Å². The summed E-state index contributed by atoms with van der Waals surface area (Å²) in [6.45, 7) is 2.33. The molecule has 2 nitrogen and oxygen atoms in total. The van der Waals surface area contributed by atoms with Crippen molar-refractivity contribution < 1.29 is 9.47 Å². The van der Waals surface area contributed by atoms with Gasteiger partial charge in [-0.25, -0.2) is 0 Å². The number of fused-ring (bicyclic) bond motifs is 2. The van der Waals surface area contributed by atoms with Gasteiger partial charge in [-0.05, 0) is 6.92 Å². The molecule has 0 heterocycles. The standard InChI is InChI=1S/C10H11Cl5O2/c1-3-17-5-4-8(13)6(11)7(12)9(5,14)10(8,15)16-2/h5H,3-4H2,1-2H3/t5?,8-,9+,10+/m1/s1. The predicted molar refractivity (Wildman–Crippen MR) is 71.5 cm³/mol. The van der Waals surface area contributed by atoms with E-state index < -0.39 is 20.9 Å². The molecule has 0 amide bonds. The molecule has 1 fully saturated rings. The number of methoxy groups -OCH3 is 1. The second-order valence-electron chi connectivity index (χ2n) is 4.09. The fraction of sp³-hybridized carbons (Fsp3) is 0.800.